The Morgan fingerprint density at radius 3 is 2.16 bits per heavy atom. The lowest BCUT2D eigenvalue weighted by Gasteiger charge is -2.40. The highest BCUT2D eigenvalue weighted by molar-refractivity contribution is 5.78. The molecule has 112 valence electrons. The summed E-state index contributed by atoms with van der Waals surface area (Å²) < 4.78 is 0. The van der Waals surface area contributed by atoms with Crippen LogP contribution in [-0.2, 0) is 4.79 Å². The van der Waals surface area contributed by atoms with Crippen molar-refractivity contribution in [1.29, 1.82) is 0 Å². The van der Waals surface area contributed by atoms with E-state index in [1.807, 2.05) is 11.8 Å². The molecule has 1 amide bonds. The van der Waals surface area contributed by atoms with E-state index in [1.165, 1.54) is 6.42 Å². The van der Waals surface area contributed by atoms with Crippen molar-refractivity contribution in [3.05, 3.63) is 0 Å². The Labute approximate surface area is 118 Å². The van der Waals surface area contributed by atoms with E-state index >= 15 is 0 Å². The Balaban J connectivity index is 2.46. The zero-order chi connectivity index (χ0) is 14.4. The van der Waals surface area contributed by atoms with Crippen molar-refractivity contribution in [3.63, 3.8) is 0 Å². The maximum absolute atomic E-state index is 12.3. The molecule has 19 heavy (non-hydrogen) atoms. The topological polar surface area (TPSA) is 49.6 Å². The third-order valence-corrected chi connectivity index (χ3v) is 4.43. The third kappa shape index (κ3) is 4.46. The minimum Gasteiger partial charge on any atom is -0.340 e. The summed E-state index contributed by atoms with van der Waals surface area (Å²) in [7, 11) is 0. The first-order chi connectivity index (χ1) is 9.01. The summed E-state index contributed by atoms with van der Waals surface area (Å²) in [5.74, 6) is 0.865. The van der Waals surface area contributed by atoms with Crippen LogP contribution in [0.3, 0.4) is 0 Å². The van der Waals surface area contributed by atoms with Crippen molar-refractivity contribution in [2.24, 2.45) is 17.6 Å². The van der Waals surface area contributed by atoms with Gasteiger partial charge in [-0.3, -0.25) is 9.69 Å². The predicted octanol–water partition coefficient (Wildman–Crippen LogP) is 1.55. The van der Waals surface area contributed by atoms with Crippen molar-refractivity contribution >= 4 is 5.91 Å². The van der Waals surface area contributed by atoms with Gasteiger partial charge in [0.15, 0.2) is 0 Å². The van der Waals surface area contributed by atoms with Gasteiger partial charge in [-0.1, -0.05) is 34.1 Å². The molecule has 0 bridgehead atoms. The quantitative estimate of drug-likeness (QED) is 0.796. The van der Waals surface area contributed by atoms with Crippen LogP contribution in [0.15, 0.2) is 0 Å². The second-order valence-corrected chi connectivity index (χ2v) is 6.07. The molecular weight excluding hydrogens is 238 g/mol. The van der Waals surface area contributed by atoms with Crippen molar-refractivity contribution in [1.82, 2.24) is 9.80 Å². The van der Waals surface area contributed by atoms with Gasteiger partial charge in [-0.25, -0.2) is 0 Å². The van der Waals surface area contributed by atoms with Gasteiger partial charge < -0.3 is 10.6 Å². The maximum atomic E-state index is 12.3. The second-order valence-electron chi connectivity index (χ2n) is 6.07. The fourth-order valence-corrected chi connectivity index (χ4v) is 2.66. The Morgan fingerprint density at radius 1 is 1.16 bits per heavy atom. The number of amides is 1. The summed E-state index contributed by atoms with van der Waals surface area (Å²) in [4.78, 5) is 16.8. The molecule has 1 aliphatic rings. The Hall–Kier alpha value is -0.610. The highest BCUT2D eigenvalue weighted by Crippen LogP contribution is 2.16. The summed E-state index contributed by atoms with van der Waals surface area (Å²) in [6.45, 7) is 12.9. The largest absolute Gasteiger partial charge is 0.340 e. The van der Waals surface area contributed by atoms with E-state index in [0.29, 0.717) is 17.9 Å². The average Bonchev–Trinajstić information content (AvgIpc) is 2.43. The van der Waals surface area contributed by atoms with Crippen LogP contribution in [0.25, 0.3) is 0 Å². The van der Waals surface area contributed by atoms with Gasteiger partial charge >= 0.3 is 0 Å². The molecule has 4 heteroatoms. The standard InChI is InChI=1S/C15H31N3O/c1-5-6-14(11-16)17-7-9-18(10-8-17)15(19)13(4)12(2)3/h12-14H,5-11,16H2,1-4H3. The minimum atomic E-state index is 0.132. The van der Waals surface area contributed by atoms with Crippen molar-refractivity contribution in [2.45, 2.75) is 46.6 Å². The van der Waals surface area contributed by atoms with Crippen LogP contribution in [-0.4, -0.2) is 54.5 Å². The smallest absolute Gasteiger partial charge is 0.225 e. The lowest BCUT2D eigenvalue weighted by Crippen LogP contribution is -2.54. The van der Waals surface area contributed by atoms with Gasteiger partial charge in [-0.05, 0) is 12.3 Å². The molecule has 0 aromatic carbocycles. The number of rotatable bonds is 6. The van der Waals surface area contributed by atoms with Crippen LogP contribution >= 0.6 is 0 Å². The summed E-state index contributed by atoms with van der Waals surface area (Å²) in [5.41, 5.74) is 5.85. The zero-order valence-corrected chi connectivity index (χ0v) is 13.1. The highest BCUT2D eigenvalue weighted by atomic mass is 16.2. The first-order valence-electron chi connectivity index (χ1n) is 7.74. The fraction of sp³-hybridized carbons (Fsp3) is 0.933. The Bertz CT molecular complexity index is 273. The van der Waals surface area contributed by atoms with E-state index in [-0.39, 0.29) is 5.92 Å². The number of carbonyl (C=O) groups is 1. The van der Waals surface area contributed by atoms with Crippen LogP contribution in [0.4, 0.5) is 0 Å². The number of hydrogen-bond acceptors (Lipinski definition) is 3. The van der Waals surface area contributed by atoms with E-state index in [4.69, 9.17) is 5.73 Å². The third-order valence-electron chi connectivity index (χ3n) is 4.43. The van der Waals surface area contributed by atoms with Gasteiger partial charge in [0.25, 0.3) is 0 Å². The molecule has 1 fully saturated rings. The number of carbonyl (C=O) groups excluding carboxylic acids is 1. The number of nitrogens with zero attached hydrogens (tertiary/aromatic N) is 2. The van der Waals surface area contributed by atoms with Crippen LogP contribution < -0.4 is 5.73 Å². The van der Waals surface area contributed by atoms with Gasteiger partial charge in [0.1, 0.15) is 0 Å². The molecule has 4 nitrogen and oxygen atoms in total. The SMILES string of the molecule is CCCC(CN)N1CCN(C(=O)C(C)C(C)C)CC1. The summed E-state index contributed by atoms with van der Waals surface area (Å²) in [6, 6.07) is 0.491. The molecule has 2 N–H and O–H groups in total. The molecule has 0 aromatic rings. The molecule has 1 saturated heterocycles. The lowest BCUT2D eigenvalue weighted by molar-refractivity contribution is -0.138. The molecule has 1 rings (SSSR count). The first kappa shape index (κ1) is 16.4. The fourth-order valence-electron chi connectivity index (χ4n) is 2.66. The number of nitrogens with two attached hydrogens (primary N) is 1. The Morgan fingerprint density at radius 2 is 1.74 bits per heavy atom. The second kappa shape index (κ2) is 7.85. The molecule has 0 aliphatic carbocycles. The monoisotopic (exact) mass is 269 g/mol. The molecule has 0 radical (unpaired) electrons. The van der Waals surface area contributed by atoms with E-state index < -0.39 is 0 Å². The molecule has 2 unspecified atom stereocenters. The van der Waals surface area contributed by atoms with Crippen molar-refractivity contribution < 1.29 is 4.79 Å². The molecular formula is C15H31N3O. The molecule has 0 spiro atoms. The highest BCUT2D eigenvalue weighted by Gasteiger charge is 2.28. The van der Waals surface area contributed by atoms with Gasteiger partial charge in [0, 0.05) is 44.7 Å². The van der Waals surface area contributed by atoms with Gasteiger partial charge in [0.05, 0.1) is 0 Å². The van der Waals surface area contributed by atoms with E-state index in [0.717, 1.165) is 39.1 Å². The minimum absolute atomic E-state index is 0.132. The maximum Gasteiger partial charge on any atom is 0.225 e. The Kier molecular flexibility index (Phi) is 6.80. The molecule has 1 heterocycles. The van der Waals surface area contributed by atoms with E-state index in [2.05, 4.69) is 25.7 Å². The summed E-state index contributed by atoms with van der Waals surface area (Å²) in [5, 5.41) is 0. The summed E-state index contributed by atoms with van der Waals surface area (Å²) in [6.07, 6.45) is 2.33. The molecule has 1 aliphatic heterocycles. The normalized spacial score (nSPS) is 20.6. The van der Waals surface area contributed by atoms with Crippen LogP contribution in [0.1, 0.15) is 40.5 Å². The van der Waals surface area contributed by atoms with Crippen LogP contribution in [0, 0.1) is 11.8 Å². The zero-order valence-electron chi connectivity index (χ0n) is 13.1. The van der Waals surface area contributed by atoms with Crippen molar-refractivity contribution in [2.75, 3.05) is 32.7 Å². The molecule has 0 aromatic heterocycles. The lowest BCUT2D eigenvalue weighted by atomic mass is 9.96. The number of hydrogen-bond donors (Lipinski definition) is 1. The summed E-state index contributed by atoms with van der Waals surface area (Å²) >= 11 is 0. The van der Waals surface area contributed by atoms with Gasteiger partial charge in [0.2, 0.25) is 5.91 Å². The van der Waals surface area contributed by atoms with Crippen LogP contribution in [0.2, 0.25) is 0 Å². The molecule has 0 saturated carbocycles. The number of piperazine rings is 1. The van der Waals surface area contributed by atoms with E-state index in [1.54, 1.807) is 0 Å². The van der Waals surface area contributed by atoms with E-state index in [9.17, 15) is 4.79 Å². The molecule has 2 atom stereocenters. The first-order valence-corrected chi connectivity index (χ1v) is 7.74. The predicted molar refractivity (Wildman–Crippen MR) is 79.9 cm³/mol. The van der Waals surface area contributed by atoms with Crippen molar-refractivity contribution in [3.8, 4) is 0 Å². The van der Waals surface area contributed by atoms with Gasteiger partial charge in [-0.2, -0.15) is 0 Å². The average molecular weight is 269 g/mol. The van der Waals surface area contributed by atoms with Gasteiger partial charge in [-0.15, -0.1) is 0 Å². The van der Waals surface area contributed by atoms with Crippen LogP contribution in [0.5, 0.6) is 0 Å².